The summed E-state index contributed by atoms with van der Waals surface area (Å²) in [5.74, 6) is -1.93. The van der Waals surface area contributed by atoms with Crippen LogP contribution in [0, 0.1) is 5.82 Å². The fraction of sp³-hybridized carbons (Fsp3) is 0.143. The van der Waals surface area contributed by atoms with E-state index in [-0.39, 0.29) is 17.0 Å². The van der Waals surface area contributed by atoms with Crippen LogP contribution in [0.2, 0.25) is 0 Å². The highest BCUT2D eigenvalue weighted by molar-refractivity contribution is 6.09. The fourth-order valence-electron chi connectivity index (χ4n) is 3.05. The molecule has 3 aromatic rings. The van der Waals surface area contributed by atoms with E-state index < -0.39 is 29.0 Å². The van der Waals surface area contributed by atoms with Crippen molar-refractivity contribution in [3.05, 3.63) is 77.4 Å². The van der Waals surface area contributed by atoms with Gasteiger partial charge >= 0.3 is 6.18 Å². The van der Waals surface area contributed by atoms with Crippen molar-refractivity contribution in [1.82, 2.24) is 4.57 Å². The maximum absolute atomic E-state index is 13.6. The number of carbonyl (C=O) groups is 2. The third kappa shape index (κ3) is 4.21. The fourth-order valence-corrected chi connectivity index (χ4v) is 3.05. The van der Waals surface area contributed by atoms with Crippen molar-refractivity contribution in [3.63, 3.8) is 0 Å². The topological polar surface area (TPSA) is 51.1 Å². The first-order chi connectivity index (χ1) is 13.6. The minimum absolute atomic E-state index is 0.0994. The second kappa shape index (κ2) is 7.54. The maximum atomic E-state index is 13.6. The van der Waals surface area contributed by atoms with Gasteiger partial charge in [-0.05, 0) is 30.7 Å². The van der Waals surface area contributed by atoms with E-state index in [1.54, 1.807) is 18.2 Å². The SMILES string of the molecule is CC(=O)c1cc(F)ccc1-c1ccccc1NC(=O)c1cn(C)cc1C(F)(F)F. The first-order valence-corrected chi connectivity index (χ1v) is 8.52. The van der Waals surface area contributed by atoms with Gasteiger partial charge in [0.2, 0.25) is 0 Å². The van der Waals surface area contributed by atoms with Crippen LogP contribution in [0.4, 0.5) is 23.2 Å². The van der Waals surface area contributed by atoms with E-state index in [2.05, 4.69) is 5.32 Å². The molecule has 0 unspecified atom stereocenters. The number of alkyl halides is 3. The molecule has 0 aliphatic rings. The number of nitrogens with one attached hydrogen (secondary N) is 1. The Hall–Kier alpha value is -3.42. The lowest BCUT2D eigenvalue weighted by molar-refractivity contribution is -0.137. The van der Waals surface area contributed by atoms with Crippen LogP contribution in [-0.4, -0.2) is 16.3 Å². The largest absolute Gasteiger partial charge is 0.418 e. The molecule has 0 fully saturated rings. The molecule has 0 radical (unpaired) electrons. The summed E-state index contributed by atoms with van der Waals surface area (Å²) in [6.07, 6.45) is -2.78. The molecule has 3 rings (SSSR count). The lowest BCUT2D eigenvalue weighted by atomic mass is 9.96. The summed E-state index contributed by atoms with van der Waals surface area (Å²) >= 11 is 0. The van der Waals surface area contributed by atoms with Gasteiger partial charge in [0, 0.05) is 36.3 Å². The molecule has 1 amide bonds. The predicted octanol–water partition coefficient (Wildman–Crippen LogP) is 5.30. The molecule has 2 aromatic carbocycles. The van der Waals surface area contributed by atoms with Gasteiger partial charge in [0.05, 0.1) is 11.1 Å². The molecule has 0 aliphatic carbocycles. The normalized spacial score (nSPS) is 11.4. The highest BCUT2D eigenvalue weighted by Crippen LogP contribution is 2.35. The minimum atomic E-state index is -4.69. The van der Waals surface area contributed by atoms with Crippen LogP contribution >= 0.6 is 0 Å². The molecule has 150 valence electrons. The number of hydrogen-bond donors (Lipinski definition) is 1. The molecular weight excluding hydrogens is 388 g/mol. The number of aryl methyl sites for hydroxylation is 1. The minimum Gasteiger partial charge on any atom is -0.356 e. The van der Waals surface area contributed by atoms with E-state index in [9.17, 15) is 27.2 Å². The summed E-state index contributed by atoms with van der Waals surface area (Å²) in [5.41, 5.74) is -0.540. The molecule has 0 saturated carbocycles. The van der Waals surface area contributed by atoms with Gasteiger partial charge in [-0.3, -0.25) is 9.59 Å². The Balaban J connectivity index is 2.05. The highest BCUT2D eigenvalue weighted by Gasteiger charge is 2.36. The molecule has 1 aromatic heterocycles. The monoisotopic (exact) mass is 404 g/mol. The summed E-state index contributed by atoms with van der Waals surface area (Å²) in [5, 5.41) is 2.47. The quantitative estimate of drug-likeness (QED) is 0.474. The van der Waals surface area contributed by atoms with E-state index in [0.29, 0.717) is 11.1 Å². The number of ketones is 1. The van der Waals surface area contributed by atoms with E-state index in [1.165, 1.54) is 32.2 Å². The molecule has 0 atom stereocenters. The van der Waals surface area contributed by atoms with E-state index >= 15 is 0 Å². The summed E-state index contributed by atoms with van der Waals surface area (Å²) in [6, 6.07) is 9.95. The zero-order valence-electron chi connectivity index (χ0n) is 15.5. The molecule has 8 heteroatoms. The summed E-state index contributed by atoms with van der Waals surface area (Å²) in [6.45, 7) is 1.28. The number of anilines is 1. The number of carbonyl (C=O) groups excluding carboxylic acids is 2. The van der Waals surface area contributed by atoms with Gasteiger partial charge in [-0.25, -0.2) is 4.39 Å². The van der Waals surface area contributed by atoms with E-state index in [4.69, 9.17) is 0 Å². The lowest BCUT2D eigenvalue weighted by Gasteiger charge is -2.14. The number of para-hydroxylation sites is 1. The Morgan fingerprint density at radius 1 is 0.966 bits per heavy atom. The number of amides is 1. The zero-order chi connectivity index (χ0) is 21.3. The van der Waals surface area contributed by atoms with Gasteiger partial charge in [-0.15, -0.1) is 0 Å². The molecule has 1 heterocycles. The van der Waals surface area contributed by atoms with Crippen LogP contribution in [0.3, 0.4) is 0 Å². The number of hydrogen-bond acceptors (Lipinski definition) is 2. The smallest absolute Gasteiger partial charge is 0.356 e. The molecule has 0 bridgehead atoms. The Labute approximate surface area is 163 Å². The Bertz CT molecular complexity index is 1100. The molecular formula is C21H16F4N2O2. The van der Waals surface area contributed by atoms with Crippen LogP contribution in [0.25, 0.3) is 11.1 Å². The van der Waals surface area contributed by atoms with Crippen molar-refractivity contribution in [2.45, 2.75) is 13.1 Å². The Morgan fingerprint density at radius 3 is 2.31 bits per heavy atom. The third-order valence-electron chi connectivity index (χ3n) is 4.33. The summed E-state index contributed by atoms with van der Waals surface area (Å²) < 4.78 is 54.4. The summed E-state index contributed by atoms with van der Waals surface area (Å²) in [7, 11) is 1.39. The first kappa shape index (κ1) is 20.3. The highest BCUT2D eigenvalue weighted by atomic mass is 19.4. The van der Waals surface area contributed by atoms with Crippen molar-refractivity contribution in [2.75, 3.05) is 5.32 Å². The number of nitrogens with zero attached hydrogens (tertiary/aromatic N) is 1. The molecule has 0 spiro atoms. The molecule has 0 aliphatic heterocycles. The first-order valence-electron chi connectivity index (χ1n) is 8.52. The van der Waals surface area contributed by atoms with Gasteiger partial charge in [0.1, 0.15) is 5.82 Å². The molecule has 0 saturated heterocycles. The van der Waals surface area contributed by atoms with Crippen LogP contribution in [0.1, 0.15) is 33.2 Å². The van der Waals surface area contributed by atoms with Crippen molar-refractivity contribution < 1.29 is 27.2 Å². The van der Waals surface area contributed by atoms with Crippen LogP contribution in [-0.2, 0) is 13.2 Å². The van der Waals surface area contributed by atoms with Gasteiger partial charge in [-0.1, -0.05) is 24.3 Å². The Morgan fingerprint density at radius 2 is 1.66 bits per heavy atom. The second-order valence-corrected chi connectivity index (χ2v) is 6.49. The molecule has 1 N–H and O–H groups in total. The maximum Gasteiger partial charge on any atom is 0.418 e. The number of aromatic nitrogens is 1. The van der Waals surface area contributed by atoms with Gasteiger partial charge in [0.25, 0.3) is 5.91 Å². The summed E-state index contributed by atoms with van der Waals surface area (Å²) in [4.78, 5) is 24.5. The zero-order valence-corrected chi connectivity index (χ0v) is 15.5. The van der Waals surface area contributed by atoms with Crippen LogP contribution in [0.5, 0.6) is 0 Å². The van der Waals surface area contributed by atoms with Crippen LogP contribution < -0.4 is 5.32 Å². The predicted molar refractivity (Wildman–Crippen MR) is 100 cm³/mol. The van der Waals surface area contributed by atoms with Crippen molar-refractivity contribution >= 4 is 17.4 Å². The number of halogens is 4. The van der Waals surface area contributed by atoms with Crippen LogP contribution in [0.15, 0.2) is 54.9 Å². The lowest BCUT2D eigenvalue weighted by Crippen LogP contribution is -2.17. The standard InChI is InChI=1S/C21H16F4N2O2/c1-12(28)16-9-13(22)7-8-14(16)15-5-3-4-6-19(15)26-20(29)17-10-27(2)11-18(17)21(23,24)25/h3-11H,1-2H3,(H,26,29). The number of rotatable bonds is 4. The van der Waals surface area contributed by atoms with Crippen molar-refractivity contribution in [3.8, 4) is 11.1 Å². The third-order valence-corrected chi connectivity index (χ3v) is 4.33. The van der Waals surface area contributed by atoms with Gasteiger partial charge in [0.15, 0.2) is 5.78 Å². The van der Waals surface area contributed by atoms with Crippen molar-refractivity contribution in [1.29, 1.82) is 0 Å². The molecule has 29 heavy (non-hydrogen) atoms. The average Bonchev–Trinajstić information content (AvgIpc) is 3.05. The van der Waals surface area contributed by atoms with Gasteiger partial charge < -0.3 is 9.88 Å². The number of Topliss-reactive ketones (excluding diaryl/α,β-unsaturated/α-hetero) is 1. The second-order valence-electron chi connectivity index (χ2n) is 6.49. The Kier molecular flexibility index (Phi) is 5.28. The van der Waals surface area contributed by atoms with Gasteiger partial charge in [-0.2, -0.15) is 13.2 Å². The molecule has 4 nitrogen and oxygen atoms in total. The van der Waals surface area contributed by atoms with Crippen molar-refractivity contribution in [2.24, 2.45) is 7.05 Å². The number of benzene rings is 2. The van der Waals surface area contributed by atoms with E-state index in [1.807, 2.05) is 0 Å². The van der Waals surface area contributed by atoms with E-state index in [0.717, 1.165) is 23.0 Å². The average molecular weight is 404 g/mol.